The first kappa shape index (κ1) is 15.9. The number of amides is 1. The summed E-state index contributed by atoms with van der Waals surface area (Å²) < 4.78 is 10.5. The van der Waals surface area contributed by atoms with E-state index in [4.69, 9.17) is 9.26 Å². The summed E-state index contributed by atoms with van der Waals surface area (Å²) in [6.07, 6.45) is -1.18. The van der Waals surface area contributed by atoms with Crippen LogP contribution in [0, 0.1) is 18.8 Å². The van der Waals surface area contributed by atoms with E-state index in [1.165, 1.54) is 0 Å². The first-order valence-corrected chi connectivity index (χ1v) is 8.13. The van der Waals surface area contributed by atoms with E-state index >= 15 is 0 Å². The molecule has 1 N–H and O–H groups in total. The molecule has 1 saturated heterocycles. The predicted molar refractivity (Wildman–Crippen MR) is 93.0 cm³/mol. The van der Waals surface area contributed by atoms with Crippen LogP contribution in [0.2, 0.25) is 0 Å². The zero-order chi connectivity index (χ0) is 17.9. The molecule has 1 amide bonds. The van der Waals surface area contributed by atoms with E-state index in [2.05, 4.69) is 27.3 Å². The van der Waals surface area contributed by atoms with Gasteiger partial charge in [-0.05, 0) is 36.8 Å². The van der Waals surface area contributed by atoms with Gasteiger partial charge in [0, 0.05) is 11.1 Å². The average molecular weight is 345 g/mol. The quantitative estimate of drug-likeness (QED) is 0.721. The molecular formula is C20H15N3O3. The van der Waals surface area contributed by atoms with Crippen molar-refractivity contribution in [2.24, 2.45) is 0 Å². The maximum Gasteiger partial charge on any atom is 0.408 e. The Balaban J connectivity index is 1.63. The molecule has 0 spiro atoms. The molecule has 6 heteroatoms. The molecule has 1 aromatic heterocycles. The van der Waals surface area contributed by atoms with Crippen molar-refractivity contribution in [3.63, 3.8) is 0 Å². The highest BCUT2D eigenvalue weighted by Gasteiger charge is 2.40. The molecule has 0 saturated carbocycles. The molecule has 0 radical (unpaired) electrons. The highest BCUT2D eigenvalue weighted by atomic mass is 16.6. The van der Waals surface area contributed by atoms with Crippen LogP contribution in [0.5, 0.6) is 0 Å². The summed E-state index contributed by atoms with van der Waals surface area (Å²) in [6, 6.07) is 17.0. The number of nitrogens with one attached hydrogen (secondary N) is 1. The second kappa shape index (κ2) is 6.73. The molecule has 2 aromatic carbocycles. The predicted octanol–water partition coefficient (Wildman–Crippen LogP) is 3.30. The van der Waals surface area contributed by atoms with Crippen LogP contribution in [0.1, 0.15) is 40.6 Å². The number of hydrogen-bond donors (Lipinski definition) is 1. The number of benzene rings is 2. The van der Waals surface area contributed by atoms with E-state index in [0.29, 0.717) is 5.82 Å². The van der Waals surface area contributed by atoms with Crippen LogP contribution in [0.25, 0.3) is 0 Å². The Labute approximate surface area is 150 Å². The third-order valence-electron chi connectivity index (χ3n) is 3.97. The minimum absolute atomic E-state index is 0.270. The van der Waals surface area contributed by atoms with Crippen LogP contribution < -0.4 is 5.32 Å². The molecule has 3 aromatic rings. The number of aromatic nitrogens is 2. The summed E-state index contributed by atoms with van der Waals surface area (Å²) in [4.78, 5) is 15.9. The SMILES string of the molecule is Cc1noc([C@@H]2OC(=O)N[C@H]2c2cccc(C#Cc3ccccc3)c2)n1. The molecule has 2 atom stereocenters. The Morgan fingerprint density at radius 2 is 1.81 bits per heavy atom. The Morgan fingerprint density at radius 3 is 2.58 bits per heavy atom. The molecule has 128 valence electrons. The minimum Gasteiger partial charge on any atom is -0.433 e. The third-order valence-corrected chi connectivity index (χ3v) is 3.97. The van der Waals surface area contributed by atoms with Gasteiger partial charge >= 0.3 is 6.09 Å². The van der Waals surface area contributed by atoms with Gasteiger partial charge in [-0.1, -0.05) is 47.3 Å². The van der Waals surface area contributed by atoms with Crippen LogP contribution in [-0.4, -0.2) is 16.2 Å². The highest BCUT2D eigenvalue weighted by molar-refractivity contribution is 5.71. The maximum absolute atomic E-state index is 11.8. The van der Waals surface area contributed by atoms with Crippen molar-refractivity contribution in [2.45, 2.75) is 19.1 Å². The van der Waals surface area contributed by atoms with Gasteiger partial charge < -0.3 is 14.6 Å². The van der Waals surface area contributed by atoms with Crippen molar-refractivity contribution in [3.05, 3.63) is 83.0 Å². The van der Waals surface area contributed by atoms with Gasteiger partial charge in [-0.25, -0.2) is 4.79 Å². The lowest BCUT2D eigenvalue weighted by Gasteiger charge is -2.14. The molecule has 2 heterocycles. The van der Waals surface area contributed by atoms with Gasteiger partial charge in [0.25, 0.3) is 5.89 Å². The van der Waals surface area contributed by atoms with Gasteiger partial charge in [0.1, 0.15) is 6.04 Å². The molecule has 1 aliphatic heterocycles. The fourth-order valence-electron chi connectivity index (χ4n) is 2.78. The van der Waals surface area contributed by atoms with Gasteiger partial charge in [-0.15, -0.1) is 0 Å². The maximum atomic E-state index is 11.8. The Kier molecular flexibility index (Phi) is 4.12. The molecule has 1 aliphatic rings. The lowest BCUT2D eigenvalue weighted by atomic mass is 10.00. The fourth-order valence-corrected chi connectivity index (χ4v) is 2.78. The molecule has 1 fully saturated rings. The second-order valence-corrected chi connectivity index (χ2v) is 5.87. The lowest BCUT2D eigenvalue weighted by molar-refractivity contribution is 0.108. The van der Waals surface area contributed by atoms with Gasteiger partial charge in [0.15, 0.2) is 5.82 Å². The zero-order valence-corrected chi connectivity index (χ0v) is 14.0. The summed E-state index contributed by atoms with van der Waals surface area (Å²) in [6.45, 7) is 1.71. The van der Waals surface area contributed by atoms with Crippen molar-refractivity contribution < 1.29 is 14.1 Å². The number of aryl methyl sites for hydroxylation is 1. The molecule has 0 aliphatic carbocycles. The summed E-state index contributed by atoms with van der Waals surface area (Å²) in [5.74, 6) is 7.02. The van der Waals surface area contributed by atoms with E-state index in [-0.39, 0.29) is 5.89 Å². The number of carbonyl (C=O) groups excluding carboxylic acids is 1. The van der Waals surface area contributed by atoms with Crippen molar-refractivity contribution in [1.82, 2.24) is 15.5 Å². The molecule has 26 heavy (non-hydrogen) atoms. The standard InChI is InChI=1S/C20H15N3O3/c1-13-21-19(26-23-13)18-17(22-20(24)25-18)16-9-5-8-15(12-16)11-10-14-6-3-2-4-7-14/h2-9,12,17-18H,1H3,(H,22,24)/t17-,18+/m0/s1. The van der Waals surface area contributed by atoms with Crippen molar-refractivity contribution in [2.75, 3.05) is 0 Å². The minimum atomic E-state index is -0.666. The molecule has 6 nitrogen and oxygen atoms in total. The fraction of sp³-hybridized carbons (Fsp3) is 0.150. The van der Waals surface area contributed by atoms with Crippen LogP contribution >= 0.6 is 0 Å². The summed E-state index contributed by atoms with van der Waals surface area (Å²) in [5.41, 5.74) is 2.64. The Morgan fingerprint density at radius 1 is 1.04 bits per heavy atom. The van der Waals surface area contributed by atoms with E-state index in [1.54, 1.807) is 6.92 Å². The number of alkyl carbamates (subject to hydrolysis) is 1. The number of rotatable bonds is 2. The topological polar surface area (TPSA) is 77.2 Å². The monoisotopic (exact) mass is 345 g/mol. The Hall–Kier alpha value is -3.59. The largest absolute Gasteiger partial charge is 0.433 e. The first-order chi connectivity index (χ1) is 12.7. The zero-order valence-electron chi connectivity index (χ0n) is 14.0. The van der Waals surface area contributed by atoms with Gasteiger partial charge in [-0.3, -0.25) is 0 Å². The van der Waals surface area contributed by atoms with Crippen LogP contribution in [-0.2, 0) is 4.74 Å². The van der Waals surface area contributed by atoms with Crippen LogP contribution in [0.3, 0.4) is 0 Å². The highest BCUT2D eigenvalue weighted by Crippen LogP contribution is 2.35. The number of ether oxygens (including phenoxy) is 1. The van der Waals surface area contributed by atoms with E-state index in [1.807, 2.05) is 54.6 Å². The van der Waals surface area contributed by atoms with E-state index in [0.717, 1.165) is 16.7 Å². The summed E-state index contributed by atoms with van der Waals surface area (Å²) in [7, 11) is 0. The number of nitrogens with zero attached hydrogens (tertiary/aromatic N) is 2. The first-order valence-electron chi connectivity index (χ1n) is 8.13. The average Bonchev–Trinajstić information content (AvgIpc) is 3.27. The van der Waals surface area contributed by atoms with Crippen molar-refractivity contribution >= 4 is 6.09 Å². The molecule has 0 unspecified atom stereocenters. The van der Waals surface area contributed by atoms with Gasteiger partial charge in [-0.2, -0.15) is 4.98 Å². The molecule has 4 rings (SSSR count). The summed E-state index contributed by atoms with van der Waals surface area (Å²) in [5, 5.41) is 6.56. The Bertz CT molecular complexity index is 1000. The number of hydrogen-bond acceptors (Lipinski definition) is 5. The third kappa shape index (κ3) is 3.28. The van der Waals surface area contributed by atoms with Crippen LogP contribution in [0.15, 0.2) is 59.1 Å². The van der Waals surface area contributed by atoms with E-state index < -0.39 is 18.2 Å². The summed E-state index contributed by atoms with van der Waals surface area (Å²) >= 11 is 0. The molecule has 0 bridgehead atoms. The number of cyclic esters (lactones) is 1. The second-order valence-electron chi connectivity index (χ2n) is 5.87. The molecular weight excluding hydrogens is 330 g/mol. The normalized spacial score (nSPS) is 18.6. The van der Waals surface area contributed by atoms with Gasteiger partial charge in [0.2, 0.25) is 6.10 Å². The van der Waals surface area contributed by atoms with E-state index in [9.17, 15) is 4.79 Å². The van der Waals surface area contributed by atoms with Crippen molar-refractivity contribution in [1.29, 1.82) is 0 Å². The number of carbonyl (C=O) groups is 1. The van der Waals surface area contributed by atoms with Crippen molar-refractivity contribution in [3.8, 4) is 11.8 Å². The lowest BCUT2D eigenvalue weighted by Crippen LogP contribution is -2.19. The smallest absolute Gasteiger partial charge is 0.408 e. The van der Waals surface area contributed by atoms with Gasteiger partial charge in [0.05, 0.1) is 0 Å². The van der Waals surface area contributed by atoms with Crippen LogP contribution in [0.4, 0.5) is 4.79 Å².